The van der Waals surface area contributed by atoms with Crippen LogP contribution in [0, 0.1) is 0 Å². The van der Waals surface area contributed by atoms with Crippen LogP contribution in [0.5, 0.6) is 0 Å². The number of ether oxygens (including phenoxy) is 2. The number of phosphoric acid groups is 1. The van der Waals surface area contributed by atoms with Gasteiger partial charge >= 0.3 is 25.7 Å². The van der Waals surface area contributed by atoms with E-state index in [0.717, 1.165) is 57.8 Å². The molecule has 0 aliphatic heterocycles. The molecule has 0 heterocycles. The summed E-state index contributed by atoms with van der Waals surface area (Å²) in [4.78, 5) is 45.7. The molecule has 0 fully saturated rings. The van der Waals surface area contributed by atoms with Crippen molar-refractivity contribution >= 4 is 25.7 Å². The average Bonchev–Trinajstić information content (AvgIpc) is 3.13. The number of esters is 2. The van der Waals surface area contributed by atoms with Crippen LogP contribution in [-0.2, 0) is 37.5 Å². The standard InChI is InChI=1S/C41H68NO10P/c1-3-5-7-9-11-13-15-17-18-19-21-22-24-26-28-30-32-39(43)49-34-37(35-50-53(47,48)51-36-38(42)41(45)46)52-40(44)33-31-29-27-25-23-20-16-14-12-10-8-6-4-2/h5,7,11,13,17-18,20-23,27,29,37-38H,3-4,6,8-10,12,14-16,19,24-26,28,30-36,42H2,1-2H3,(H,45,46)(H,47,48)/b7-5+,13-11+,18-17+,22-21+,23-20+,29-27+/t37?,38-/m0/s1. The number of unbranched alkanes of at least 4 members (excludes halogenated alkanes) is 9. The van der Waals surface area contributed by atoms with E-state index in [0.29, 0.717) is 12.8 Å². The molecule has 11 nitrogen and oxygen atoms in total. The van der Waals surface area contributed by atoms with Gasteiger partial charge < -0.3 is 25.2 Å². The molecule has 4 N–H and O–H groups in total. The van der Waals surface area contributed by atoms with Gasteiger partial charge in [-0.15, -0.1) is 0 Å². The molecular weight excluding hydrogens is 697 g/mol. The minimum atomic E-state index is -4.74. The molecule has 0 spiro atoms. The van der Waals surface area contributed by atoms with Crippen molar-refractivity contribution < 1.29 is 47.5 Å². The number of hydrogen-bond donors (Lipinski definition) is 3. The Hall–Kier alpha value is -3.08. The summed E-state index contributed by atoms with van der Waals surface area (Å²) in [6, 6.07) is -1.54. The zero-order valence-corrected chi connectivity index (χ0v) is 33.2. The topological polar surface area (TPSA) is 172 Å². The number of rotatable bonds is 35. The third-order valence-corrected chi connectivity index (χ3v) is 8.65. The first kappa shape index (κ1) is 49.9. The minimum absolute atomic E-state index is 0.0441. The SMILES string of the molecule is CC/C=C/C/C=C/C/C=C/C/C=C/CCCCCC(=O)OCC(COP(=O)(O)OC[C@H](N)C(=O)O)OC(=O)CC/C=C/C/C=C/CCCCCCCC. The largest absolute Gasteiger partial charge is 0.480 e. The van der Waals surface area contributed by atoms with Gasteiger partial charge in [0.05, 0.1) is 13.2 Å². The summed E-state index contributed by atoms with van der Waals surface area (Å²) in [6.45, 7) is 2.55. The van der Waals surface area contributed by atoms with E-state index >= 15 is 0 Å². The second-order valence-corrected chi connectivity index (χ2v) is 14.1. The molecular formula is C41H68NO10P. The van der Waals surface area contributed by atoms with Crippen LogP contribution >= 0.6 is 7.82 Å². The first-order valence-electron chi connectivity index (χ1n) is 19.5. The van der Waals surface area contributed by atoms with Gasteiger partial charge in [-0.2, -0.15) is 0 Å². The fourth-order valence-electron chi connectivity index (χ4n) is 4.64. The summed E-state index contributed by atoms with van der Waals surface area (Å²) < 4.78 is 32.5. The van der Waals surface area contributed by atoms with Crippen LogP contribution in [0.2, 0.25) is 0 Å². The normalized spacial score (nSPS) is 14.6. The van der Waals surface area contributed by atoms with Crippen molar-refractivity contribution in [3.8, 4) is 0 Å². The molecule has 53 heavy (non-hydrogen) atoms. The molecule has 0 aliphatic rings. The van der Waals surface area contributed by atoms with Crippen LogP contribution in [0.3, 0.4) is 0 Å². The third kappa shape index (κ3) is 35.7. The van der Waals surface area contributed by atoms with Crippen molar-refractivity contribution in [2.75, 3.05) is 19.8 Å². The summed E-state index contributed by atoms with van der Waals surface area (Å²) in [5.74, 6) is -2.52. The molecule has 12 heteroatoms. The van der Waals surface area contributed by atoms with Crippen molar-refractivity contribution in [3.63, 3.8) is 0 Å². The molecule has 0 bridgehead atoms. The van der Waals surface area contributed by atoms with Crippen LogP contribution < -0.4 is 5.73 Å². The highest BCUT2D eigenvalue weighted by Gasteiger charge is 2.28. The monoisotopic (exact) mass is 765 g/mol. The highest BCUT2D eigenvalue weighted by atomic mass is 31.2. The number of carboxylic acids is 1. The van der Waals surface area contributed by atoms with Crippen LogP contribution in [0.1, 0.15) is 136 Å². The molecule has 0 aromatic heterocycles. The van der Waals surface area contributed by atoms with Crippen molar-refractivity contribution in [2.45, 2.75) is 148 Å². The van der Waals surface area contributed by atoms with E-state index in [2.05, 4.69) is 79.1 Å². The molecule has 3 atom stereocenters. The number of allylic oxidation sites excluding steroid dienone is 12. The number of carboxylic acid groups (broad SMARTS) is 1. The highest BCUT2D eigenvalue weighted by Crippen LogP contribution is 2.43. The zero-order valence-electron chi connectivity index (χ0n) is 32.3. The van der Waals surface area contributed by atoms with E-state index < -0.39 is 51.1 Å². The van der Waals surface area contributed by atoms with Crippen molar-refractivity contribution in [1.29, 1.82) is 0 Å². The lowest BCUT2D eigenvalue weighted by molar-refractivity contribution is -0.161. The molecule has 0 aromatic carbocycles. The molecule has 0 amide bonds. The maximum Gasteiger partial charge on any atom is 0.472 e. The summed E-state index contributed by atoms with van der Waals surface area (Å²) >= 11 is 0. The predicted molar refractivity (Wildman–Crippen MR) is 212 cm³/mol. The van der Waals surface area contributed by atoms with Crippen LogP contribution in [0.15, 0.2) is 72.9 Å². The van der Waals surface area contributed by atoms with E-state index in [4.69, 9.17) is 24.8 Å². The summed E-state index contributed by atoms with van der Waals surface area (Å²) in [5.41, 5.74) is 5.31. The van der Waals surface area contributed by atoms with Gasteiger partial charge in [-0.25, -0.2) is 4.57 Å². The number of phosphoric ester groups is 1. The number of hydrogen-bond acceptors (Lipinski definition) is 9. The Morgan fingerprint density at radius 3 is 1.66 bits per heavy atom. The van der Waals surface area contributed by atoms with E-state index in [1.165, 1.54) is 38.5 Å². The summed E-state index contributed by atoms with van der Waals surface area (Å²) in [5, 5.41) is 8.86. The number of carbonyl (C=O) groups is 3. The zero-order chi connectivity index (χ0) is 39.3. The van der Waals surface area contributed by atoms with Gasteiger partial charge in [0, 0.05) is 12.8 Å². The van der Waals surface area contributed by atoms with Gasteiger partial charge in [0.15, 0.2) is 6.10 Å². The lowest BCUT2D eigenvalue weighted by Gasteiger charge is -2.20. The smallest absolute Gasteiger partial charge is 0.472 e. The Kier molecular flexibility index (Phi) is 33.8. The Bertz CT molecular complexity index is 1180. The Labute approximate surface area is 319 Å². The van der Waals surface area contributed by atoms with Gasteiger partial charge in [0.1, 0.15) is 12.6 Å². The van der Waals surface area contributed by atoms with Crippen molar-refractivity contribution in [2.24, 2.45) is 5.73 Å². The van der Waals surface area contributed by atoms with E-state index in [1.54, 1.807) is 0 Å². The Morgan fingerprint density at radius 1 is 0.604 bits per heavy atom. The second-order valence-electron chi connectivity index (χ2n) is 12.7. The molecule has 2 unspecified atom stereocenters. The molecule has 0 radical (unpaired) electrons. The maximum atomic E-state index is 12.5. The van der Waals surface area contributed by atoms with Crippen LogP contribution in [0.4, 0.5) is 0 Å². The van der Waals surface area contributed by atoms with Gasteiger partial charge in [-0.05, 0) is 70.6 Å². The first-order valence-corrected chi connectivity index (χ1v) is 21.0. The molecule has 0 saturated carbocycles. The van der Waals surface area contributed by atoms with Crippen molar-refractivity contribution in [1.82, 2.24) is 0 Å². The van der Waals surface area contributed by atoms with E-state index in [1.807, 2.05) is 12.2 Å². The summed E-state index contributed by atoms with van der Waals surface area (Å²) in [6.07, 6.45) is 41.3. The molecule has 0 rings (SSSR count). The quantitative estimate of drug-likeness (QED) is 0.0243. The second kappa shape index (κ2) is 35.9. The molecule has 0 saturated heterocycles. The fourth-order valence-corrected chi connectivity index (χ4v) is 5.41. The first-order chi connectivity index (χ1) is 25.6. The third-order valence-electron chi connectivity index (χ3n) is 7.70. The van der Waals surface area contributed by atoms with Crippen LogP contribution in [0.25, 0.3) is 0 Å². The van der Waals surface area contributed by atoms with Crippen LogP contribution in [-0.4, -0.2) is 59.9 Å². The van der Waals surface area contributed by atoms with E-state index in [9.17, 15) is 23.8 Å². The molecule has 302 valence electrons. The summed E-state index contributed by atoms with van der Waals surface area (Å²) in [7, 11) is -4.74. The number of carbonyl (C=O) groups excluding carboxylic acids is 2. The van der Waals surface area contributed by atoms with Gasteiger partial charge in [0.25, 0.3) is 0 Å². The van der Waals surface area contributed by atoms with Gasteiger partial charge in [-0.3, -0.25) is 23.4 Å². The number of nitrogens with two attached hydrogens (primary N) is 1. The van der Waals surface area contributed by atoms with Crippen molar-refractivity contribution in [3.05, 3.63) is 72.9 Å². The predicted octanol–water partition coefficient (Wildman–Crippen LogP) is 9.78. The fraction of sp³-hybridized carbons (Fsp3) is 0.634. The van der Waals surface area contributed by atoms with E-state index in [-0.39, 0.29) is 19.4 Å². The lowest BCUT2D eigenvalue weighted by Crippen LogP contribution is -2.34. The average molecular weight is 766 g/mol. The lowest BCUT2D eigenvalue weighted by atomic mass is 10.1. The maximum absolute atomic E-state index is 12.5. The Morgan fingerprint density at radius 2 is 1.09 bits per heavy atom. The van der Waals surface area contributed by atoms with Gasteiger partial charge in [0.2, 0.25) is 0 Å². The van der Waals surface area contributed by atoms with Gasteiger partial charge in [-0.1, -0.05) is 125 Å². The number of aliphatic carboxylic acids is 1. The highest BCUT2D eigenvalue weighted by molar-refractivity contribution is 7.47. The molecule has 0 aromatic rings. The minimum Gasteiger partial charge on any atom is -0.480 e. The Balaban J connectivity index is 4.57. The molecule has 0 aliphatic carbocycles.